The third kappa shape index (κ3) is 3.55. The topological polar surface area (TPSA) is 18.5 Å². The van der Waals surface area contributed by atoms with Crippen molar-refractivity contribution in [3.63, 3.8) is 0 Å². The van der Waals surface area contributed by atoms with E-state index in [1.807, 2.05) is 6.07 Å². The van der Waals surface area contributed by atoms with E-state index < -0.39 is 17.4 Å². The molecule has 0 amide bonds. The van der Waals surface area contributed by atoms with Gasteiger partial charge in [-0.2, -0.15) is 0 Å². The van der Waals surface area contributed by atoms with Gasteiger partial charge in [0, 0.05) is 12.4 Å². The van der Waals surface area contributed by atoms with E-state index in [1.54, 1.807) is 25.3 Å². The lowest BCUT2D eigenvalue weighted by molar-refractivity contribution is 0.184. The van der Waals surface area contributed by atoms with E-state index in [1.165, 1.54) is 12.1 Å². The van der Waals surface area contributed by atoms with E-state index in [4.69, 9.17) is 9.47 Å². The molecule has 0 N–H and O–H groups in total. The Morgan fingerprint density at radius 1 is 1.05 bits per heavy atom. The van der Waals surface area contributed by atoms with Crippen molar-refractivity contribution in [3.8, 4) is 11.5 Å². The van der Waals surface area contributed by atoms with Gasteiger partial charge in [0.2, 0.25) is 0 Å². The normalized spacial score (nSPS) is 10.6. The Hall–Kier alpha value is -1.46. The van der Waals surface area contributed by atoms with Crippen LogP contribution in [0.15, 0.2) is 36.4 Å². The monoisotopic (exact) mass is 342 g/mol. The Balaban J connectivity index is 2.28. The van der Waals surface area contributed by atoms with Crippen LogP contribution >= 0.6 is 15.9 Å². The molecule has 0 saturated carbocycles. The fraction of sp³-hybridized carbons (Fsp3) is 0.200. The van der Waals surface area contributed by atoms with Gasteiger partial charge < -0.3 is 9.47 Å². The van der Waals surface area contributed by atoms with Crippen LogP contribution in [0.3, 0.4) is 0 Å². The summed E-state index contributed by atoms with van der Waals surface area (Å²) in [5.41, 5.74) is 1.38. The number of rotatable bonds is 5. The van der Waals surface area contributed by atoms with Crippen LogP contribution in [-0.4, -0.2) is 7.11 Å². The Morgan fingerprint density at radius 2 is 1.75 bits per heavy atom. The van der Waals surface area contributed by atoms with Crippen molar-refractivity contribution in [1.82, 2.24) is 0 Å². The highest BCUT2D eigenvalue weighted by Gasteiger charge is 2.13. The summed E-state index contributed by atoms with van der Waals surface area (Å²) in [7, 11) is 1.58. The average molecular weight is 343 g/mol. The van der Waals surface area contributed by atoms with Crippen LogP contribution in [0.4, 0.5) is 8.78 Å². The average Bonchev–Trinajstić information content (AvgIpc) is 2.43. The van der Waals surface area contributed by atoms with E-state index in [-0.39, 0.29) is 0 Å². The molecular formula is C15H13BrF2O2. The molecule has 2 nitrogen and oxygen atoms in total. The Kier molecular flexibility index (Phi) is 5.09. The third-order valence-corrected chi connectivity index (χ3v) is 3.29. The van der Waals surface area contributed by atoms with Crippen LogP contribution in [0.25, 0.3) is 0 Å². The van der Waals surface area contributed by atoms with Crippen molar-refractivity contribution >= 4 is 15.9 Å². The number of alkyl halides is 1. The predicted molar refractivity (Wildman–Crippen MR) is 76.2 cm³/mol. The van der Waals surface area contributed by atoms with Crippen LogP contribution in [-0.2, 0) is 16.7 Å². The molecule has 2 aromatic carbocycles. The fourth-order valence-corrected chi connectivity index (χ4v) is 2.09. The SMILES string of the molecule is COCc1cccc(Oc2c(F)cc(CBr)cc2F)c1. The highest BCUT2D eigenvalue weighted by molar-refractivity contribution is 9.08. The maximum absolute atomic E-state index is 13.8. The predicted octanol–water partition coefficient (Wildman–Crippen LogP) is 4.80. The number of benzene rings is 2. The Bertz CT molecular complexity index is 579. The zero-order valence-corrected chi connectivity index (χ0v) is 12.4. The van der Waals surface area contributed by atoms with Crippen molar-refractivity contribution < 1.29 is 18.3 Å². The summed E-state index contributed by atoms with van der Waals surface area (Å²) in [4.78, 5) is 0. The van der Waals surface area contributed by atoms with E-state index in [9.17, 15) is 8.78 Å². The second-order valence-corrected chi connectivity index (χ2v) is 4.77. The van der Waals surface area contributed by atoms with E-state index in [0.29, 0.717) is 23.2 Å². The minimum absolute atomic E-state index is 0.365. The lowest BCUT2D eigenvalue weighted by Crippen LogP contribution is -1.96. The van der Waals surface area contributed by atoms with Gasteiger partial charge in [-0.1, -0.05) is 28.1 Å². The molecule has 0 radical (unpaired) electrons. The van der Waals surface area contributed by atoms with Crippen LogP contribution in [0, 0.1) is 11.6 Å². The summed E-state index contributed by atoms with van der Waals surface area (Å²) in [6, 6.07) is 9.39. The minimum Gasteiger partial charge on any atom is -0.451 e. The summed E-state index contributed by atoms with van der Waals surface area (Å²) in [6.07, 6.45) is 0. The molecule has 5 heteroatoms. The van der Waals surface area contributed by atoms with Gasteiger partial charge in [0.1, 0.15) is 5.75 Å². The molecule has 0 aromatic heterocycles. The molecule has 0 heterocycles. The van der Waals surface area contributed by atoms with Crippen molar-refractivity contribution in [2.45, 2.75) is 11.9 Å². The first-order chi connectivity index (χ1) is 9.63. The lowest BCUT2D eigenvalue weighted by Gasteiger charge is -2.10. The molecule has 0 fully saturated rings. The minimum atomic E-state index is -0.725. The first-order valence-electron chi connectivity index (χ1n) is 5.93. The lowest BCUT2D eigenvalue weighted by atomic mass is 10.2. The molecule has 2 rings (SSSR count). The number of methoxy groups -OCH3 is 1. The van der Waals surface area contributed by atoms with E-state index in [2.05, 4.69) is 15.9 Å². The first-order valence-corrected chi connectivity index (χ1v) is 7.06. The number of halogens is 3. The maximum atomic E-state index is 13.8. The molecule has 0 aliphatic heterocycles. The molecular weight excluding hydrogens is 330 g/mol. The molecule has 0 spiro atoms. The second kappa shape index (κ2) is 6.81. The van der Waals surface area contributed by atoms with Gasteiger partial charge in [0.25, 0.3) is 0 Å². The van der Waals surface area contributed by atoms with Crippen LogP contribution in [0.1, 0.15) is 11.1 Å². The van der Waals surface area contributed by atoms with E-state index >= 15 is 0 Å². The van der Waals surface area contributed by atoms with Crippen molar-refractivity contribution in [1.29, 1.82) is 0 Å². The summed E-state index contributed by atoms with van der Waals surface area (Å²) >= 11 is 3.16. The molecule has 106 valence electrons. The Labute approximate surface area is 124 Å². The smallest absolute Gasteiger partial charge is 0.198 e. The largest absolute Gasteiger partial charge is 0.451 e. The highest BCUT2D eigenvalue weighted by Crippen LogP contribution is 2.29. The number of hydrogen-bond donors (Lipinski definition) is 0. The van der Waals surface area contributed by atoms with Gasteiger partial charge in [-0.05, 0) is 35.4 Å². The standard InChI is InChI=1S/C15H13BrF2O2/c1-19-9-10-3-2-4-12(5-10)20-15-13(17)6-11(8-16)7-14(15)18/h2-7H,8-9H2,1H3. The number of hydrogen-bond acceptors (Lipinski definition) is 2. The van der Waals surface area contributed by atoms with Crippen molar-refractivity contribution in [2.75, 3.05) is 7.11 Å². The number of ether oxygens (including phenoxy) is 2. The van der Waals surface area contributed by atoms with Gasteiger partial charge in [-0.15, -0.1) is 0 Å². The highest BCUT2D eigenvalue weighted by atomic mass is 79.9. The molecule has 20 heavy (non-hydrogen) atoms. The zero-order valence-electron chi connectivity index (χ0n) is 10.8. The van der Waals surface area contributed by atoms with Crippen molar-refractivity contribution in [2.24, 2.45) is 0 Å². The van der Waals surface area contributed by atoms with E-state index in [0.717, 1.165) is 5.56 Å². The third-order valence-electron chi connectivity index (χ3n) is 2.64. The quantitative estimate of drug-likeness (QED) is 0.726. The van der Waals surface area contributed by atoms with Crippen molar-refractivity contribution in [3.05, 3.63) is 59.2 Å². The fourth-order valence-electron chi connectivity index (χ4n) is 1.77. The van der Waals surface area contributed by atoms with Gasteiger partial charge >= 0.3 is 0 Å². The summed E-state index contributed by atoms with van der Waals surface area (Å²) in [6.45, 7) is 0.407. The molecule has 0 aliphatic carbocycles. The molecule has 0 unspecified atom stereocenters. The molecule has 2 aromatic rings. The van der Waals surface area contributed by atoms with Crippen LogP contribution in [0.2, 0.25) is 0 Å². The zero-order chi connectivity index (χ0) is 14.5. The van der Waals surface area contributed by atoms with Gasteiger partial charge in [-0.3, -0.25) is 0 Å². The first kappa shape index (κ1) is 14.9. The molecule has 0 atom stereocenters. The molecule has 0 bridgehead atoms. The van der Waals surface area contributed by atoms with Gasteiger partial charge in [0.15, 0.2) is 17.4 Å². The Morgan fingerprint density at radius 3 is 2.35 bits per heavy atom. The van der Waals surface area contributed by atoms with Crippen LogP contribution in [0.5, 0.6) is 11.5 Å². The van der Waals surface area contributed by atoms with Gasteiger partial charge in [-0.25, -0.2) is 8.78 Å². The summed E-state index contributed by atoms with van der Waals surface area (Å²) in [5.74, 6) is -1.48. The maximum Gasteiger partial charge on any atom is 0.198 e. The molecule has 0 aliphatic rings. The second-order valence-electron chi connectivity index (χ2n) is 4.20. The summed E-state index contributed by atoms with van der Waals surface area (Å²) in [5, 5.41) is 0.379. The van der Waals surface area contributed by atoms with Crippen LogP contribution < -0.4 is 4.74 Å². The van der Waals surface area contributed by atoms with Gasteiger partial charge in [0.05, 0.1) is 6.61 Å². The molecule has 0 saturated heterocycles. The summed E-state index contributed by atoms with van der Waals surface area (Å²) < 4.78 is 38.0.